The quantitative estimate of drug-likeness (QED) is 0.420. The third-order valence-electron chi connectivity index (χ3n) is 3.98. The Kier molecular flexibility index (Phi) is 1.67. The molecule has 4 saturated heterocycles. The van der Waals surface area contributed by atoms with Crippen LogP contribution in [-0.4, -0.2) is 54.8 Å². The van der Waals surface area contributed by atoms with Crippen molar-refractivity contribution in [3.8, 4) is 0 Å². The monoisotopic (exact) mass is 194 g/mol. The number of nitrogens with two attached hydrogens (primary N) is 1. The van der Waals surface area contributed by atoms with Gasteiger partial charge in [0.15, 0.2) is 0 Å². The van der Waals surface area contributed by atoms with Gasteiger partial charge in [0, 0.05) is 50.6 Å². The first-order valence-corrected chi connectivity index (χ1v) is 5.44. The van der Waals surface area contributed by atoms with Crippen molar-refractivity contribution in [3.05, 3.63) is 0 Å². The van der Waals surface area contributed by atoms with Gasteiger partial charge in [-0.05, 0) is 0 Å². The Morgan fingerprint density at radius 1 is 1.29 bits per heavy atom. The Balaban J connectivity index is 2.03. The van der Waals surface area contributed by atoms with E-state index in [-0.39, 0.29) is 5.41 Å². The van der Waals surface area contributed by atoms with Crippen molar-refractivity contribution >= 4 is 5.71 Å². The topological polar surface area (TPSA) is 44.9 Å². The Labute approximate surface area is 84.7 Å². The zero-order valence-electron chi connectivity index (χ0n) is 8.74. The molecule has 0 spiro atoms. The SMILES string of the molecule is CC12CN3CCN(CC(C3)/C1=N/N)C2. The lowest BCUT2D eigenvalue weighted by Crippen LogP contribution is -2.60. The fourth-order valence-electron chi connectivity index (χ4n) is 3.56. The number of hydrogen-bond acceptors (Lipinski definition) is 4. The molecular weight excluding hydrogens is 176 g/mol. The molecule has 4 aliphatic heterocycles. The van der Waals surface area contributed by atoms with Crippen LogP contribution in [0.1, 0.15) is 6.92 Å². The molecule has 4 nitrogen and oxygen atoms in total. The van der Waals surface area contributed by atoms with Crippen LogP contribution in [-0.2, 0) is 0 Å². The minimum atomic E-state index is 0.229. The van der Waals surface area contributed by atoms with Gasteiger partial charge in [0.25, 0.3) is 0 Å². The minimum Gasteiger partial charge on any atom is -0.323 e. The van der Waals surface area contributed by atoms with E-state index in [9.17, 15) is 0 Å². The summed E-state index contributed by atoms with van der Waals surface area (Å²) in [7, 11) is 0. The lowest BCUT2D eigenvalue weighted by molar-refractivity contribution is 0.130. The van der Waals surface area contributed by atoms with Crippen LogP contribution in [0.15, 0.2) is 5.10 Å². The van der Waals surface area contributed by atoms with Crippen LogP contribution in [0.4, 0.5) is 0 Å². The van der Waals surface area contributed by atoms with Crippen LogP contribution in [0.3, 0.4) is 0 Å². The number of hydrazone groups is 1. The van der Waals surface area contributed by atoms with Crippen LogP contribution in [0.2, 0.25) is 0 Å². The first-order chi connectivity index (χ1) is 6.71. The number of hydrogen-bond donors (Lipinski definition) is 1. The van der Waals surface area contributed by atoms with E-state index in [0.717, 1.165) is 13.1 Å². The van der Waals surface area contributed by atoms with Crippen LogP contribution in [0.25, 0.3) is 0 Å². The molecule has 0 aromatic carbocycles. The van der Waals surface area contributed by atoms with Crippen molar-refractivity contribution in [3.63, 3.8) is 0 Å². The predicted molar refractivity (Wildman–Crippen MR) is 56.1 cm³/mol. The van der Waals surface area contributed by atoms with Crippen LogP contribution in [0, 0.1) is 11.3 Å². The minimum absolute atomic E-state index is 0.229. The average molecular weight is 194 g/mol. The summed E-state index contributed by atoms with van der Waals surface area (Å²) in [5.74, 6) is 6.13. The smallest absolute Gasteiger partial charge is 0.0516 e. The molecule has 4 bridgehead atoms. The molecule has 2 unspecified atom stereocenters. The molecule has 4 aliphatic rings. The Hall–Kier alpha value is -0.610. The second kappa shape index (κ2) is 2.70. The molecule has 0 aromatic heterocycles. The van der Waals surface area contributed by atoms with Gasteiger partial charge in [-0.2, -0.15) is 5.10 Å². The van der Waals surface area contributed by atoms with Crippen LogP contribution < -0.4 is 5.84 Å². The molecule has 2 atom stereocenters. The van der Waals surface area contributed by atoms with E-state index >= 15 is 0 Å². The average Bonchev–Trinajstić information content (AvgIpc) is 2.32. The maximum absolute atomic E-state index is 5.54. The molecule has 0 aromatic rings. The highest BCUT2D eigenvalue weighted by molar-refractivity contribution is 5.94. The van der Waals surface area contributed by atoms with Crippen LogP contribution in [0.5, 0.6) is 0 Å². The summed E-state index contributed by atoms with van der Waals surface area (Å²) in [5, 5.41) is 4.06. The van der Waals surface area contributed by atoms with Gasteiger partial charge in [-0.25, -0.2) is 0 Å². The first kappa shape index (κ1) is 8.68. The second-order valence-electron chi connectivity index (χ2n) is 5.24. The Morgan fingerprint density at radius 3 is 2.29 bits per heavy atom. The van der Waals surface area contributed by atoms with Gasteiger partial charge >= 0.3 is 0 Å². The van der Waals surface area contributed by atoms with Gasteiger partial charge in [-0.15, -0.1) is 0 Å². The molecule has 0 radical (unpaired) electrons. The zero-order valence-corrected chi connectivity index (χ0v) is 8.74. The summed E-state index contributed by atoms with van der Waals surface area (Å²) in [6.07, 6.45) is 0. The number of nitrogens with zero attached hydrogens (tertiary/aromatic N) is 3. The maximum atomic E-state index is 5.54. The van der Waals surface area contributed by atoms with Gasteiger partial charge in [0.1, 0.15) is 0 Å². The van der Waals surface area contributed by atoms with Crippen molar-refractivity contribution in [2.24, 2.45) is 22.3 Å². The van der Waals surface area contributed by atoms with Crippen molar-refractivity contribution in [2.75, 3.05) is 39.3 Å². The normalized spacial score (nSPS) is 53.8. The van der Waals surface area contributed by atoms with Gasteiger partial charge in [-0.1, -0.05) is 6.92 Å². The standard InChI is InChI=1S/C10H18N4/c1-10-6-13-2-3-14(7-10)5-8(4-13)9(10)12-11/h8H,2-7,11H2,1H3/b12-9-. The van der Waals surface area contributed by atoms with E-state index < -0.39 is 0 Å². The van der Waals surface area contributed by atoms with Gasteiger partial charge < -0.3 is 15.6 Å². The first-order valence-electron chi connectivity index (χ1n) is 5.44. The fraction of sp³-hybridized carbons (Fsp3) is 0.900. The van der Waals surface area contributed by atoms with Crippen molar-refractivity contribution in [1.29, 1.82) is 0 Å². The molecule has 78 valence electrons. The highest BCUT2D eigenvalue weighted by Crippen LogP contribution is 2.37. The van der Waals surface area contributed by atoms with Crippen molar-refractivity contribution in [2.45, 2.75) is 6.92 Å². The summed E-state index contributed by atoms with van der Waals surface area (Å²) in [6.45, 7) is 9.40. The van der Waals surface area contributed by atoms with E-state index in [1.165, 1.54) is 31.9 Å². The molecule has 2 N–H and O–H groups in total. The van der Waals surface area contributed by atoms with E-state index in [1.807, 2.05) is 0 Å². The zero-order chi connectivity index (χ0) is 9.76. The number of fused-ring (bicyclic) bond motifs is 1. The molecule has 4 fully saturated rings. The summed E-state index contributed by atoms with van der Waals surface area (Å²) in [4.78, 5) is 5.15. The Morgan fingerprint density at radius 2 is 1.86 bits per heavy atom. The summed E-state index contributed by atoms with van der Waals surface area (Å²) in [5.41, 5.74) is 1.50. The highest BCUT2D eigenvalue weighted by Gasteiger charge is 2.49. The summed E-state index contributed by atoms with van der Waals surface area (Å²) >= 11 is 0. The van der Waals surface area contributed by atoms with E-state index in [0.29, 0.717) is 5.92 Å². The van der Waals surface area contributed by atoms with Gasteiger partial charge in [0.2, 0.25) is 0 Å². The Bertz CT molecular complexity index is 270. The molecular formula is C10H18N4. The van der Waals surface area contributed by atoms with Gasteiger partial charge in [-0.3, -0.25) is 0 Å². The molecule has 0 amide bonds. The van der Waals surface area contributed by atoms with Gasteiger partial charge in [0.05, 0.1) is 5.71 Å². The van der Waals surface area contributed by atoms with Crippen LogP contribution >= 0.6 is 0 Å². The third kappa shape index (κ3) is 1.04. The molecule has 4 heteroatoms. The molecule has 0 aliphatic carbocycles. The summed E-state index contributed by atoms with van der Waals surface area (Å²) < 4.78 is 0. The van der Waals surface area contributed by atoms with E-state index in [1.54, 1.807) is 0 Å². The third-order valence-corrected chi connectivity index (χ3v) is 3.98. The molecule has 4 heterocycles. The van der Waals surface area contributed by atoms with E-state index in [4.69, 9.17) is 5.84 Å². The molecule has 0 saturated carbocycles. The molecule has 14 heavy (non-hydrogen) atoms. The summed E-state index contributed by atoms with van der Waals surface area (Å²) in [6, 6.07) is 0. The largest absolute Gasteiger partial charge is 0.323 e. The maximum Gasteiger partial charge on any atom is 0.0516 e. The second-order valence-corrected chi connectivity index (χ2v) is 5.24. The van der Waals surface area contributed by atoms with Crippen molar-refractivity contribution in [1.82, 2.24) is 9.80 Å². The fourth-order valence-corrected chi connectivity index (χ4v) is 3.56. The highest BCUT2D eigenvalue weighted by atomic mass is 15.3. The van der Waals surface area contributed by atoms with Crippen molar-refractivity contribution < 1.29 is 0 Å². The number of rotatable bonds is 0. The number of piperidine rings is 2. The lowest BCUT2D eigenvalue weighted by atomic mass is 9.72. The predicted octanol–water partition coefficient (Wildman–Crippen LogP) is -0.432. The molecule has 4 rings (SSSR count). The van der Waals surface area contributed by atoms with E-state index in [2.05, 4.69) is 21.8 Å². The lowest BCUT2D eigenvalue weighted by Gasteiger charge is -2.48.